The predicted octanol–water partition coefficient (Wildman–Crippen LogP) is 3.38. The van der Waals surface area contributed by atoms with Crippen molar-refractivity contribution in [2.75, 3.05) is 43.2 Å². The van der Waals surface area contributed by atoms with E-state index in [4.69, 9.17) is 14.0 Å². The second-order valence-electron chi connectivity index (χ2n) is 7.38. The number of urea groups is 1. The highest BCUT2D eigenvalue weighted by Crippen LogP contribution is 2.34. The Morgan fingerprint density at radius 2 is 1.81 bits per heavy atom. The number of aryl methyl sites for hydroxylation is 1. The van der Waals surface area contributed by atoms with E-state index in [0.717, 1.165) is 30.8 Å². The number of amides is 2. The molecule has 1 aromatic heterocycles. The number of carbonyl (C=O) groups is 1. The standard InChI is InChI=1S/C22H23N5O4/c1-2-20-24-21(25-31-20)15-3-6-17(7-4-15)26-9-11-27(12-10-26)22(28)23-16-5-8-18-19(13-16)30-14-29-18/h3-8,13H,2,9-12,14H2,1H3,(H,23,28). The van der Waals surface area contributed by atoms with Gasteiger partial charge in [-0.25, -0.2) is 4.79 Å². The first-order valence-corrected chi connectivity index (χ1v) is 10.3. The summed E-state index contributed by atoms with van der Waals surface area (Å²) in [6, 6.07) is 13.4. The summed E-state index contributed by atoms with van der Waals surface area (Å²) in [5.74, 6) is 2.59. The van der Waals surface area contributed by atoms with E-state index in [9.17, 15) is 4.79 Å². The van der Waals surface area contributed by atoms with Gasteiger partial charge in [0.05, 0.1) is 0 Å². The van der Waals surface area contributed by atoms with Crippen LogP contribution in [0.15, 0.2) is 47.0 Å². The van der Waals surface area contributed by atoms with E-state index in [2.05, 4.69) is 32.5 Å². The third-order valence-electron chi connectivity index (χ3n) is 5.45. The minimum absolute atomic E-state index is 0.113. The third kappa shape index (κ3) is 3.98. The van der Waals surface area contributed by atoms with E-state index < -0.39 is 0 Å². The summed E-state index contributed by atoms with van der Waals surface area (Å²) in [5, 5.41) is 6.96. The second-order valence-corrected chi connectivity index (χ2v) is 7.38. The summed E-state index contributed by atoms with van der Waals surface area (Å²) in [5.41, 5.74) is 2.73. The number of nitrogens with zero attached hydrogens (tertiary/aromatic N) is 4. The predicted molar refractivity (Wildman–Crippen MR) is 114 cm³/mol. The number of fused-ring (bicyclic) bond motifs is 1. The van der Waals surface area contributed by atoms with Gasteiger partial charge in [-0.15, -0.1) is 0 Å². The Labute approximate surface area is 179 Å². The lowest BCUT2D eigenvalue weighted by Gasteiger charge is -2.36. The third-order valence-corrected chi connectivity index (χ3v) is 5.45. The Kier molecular flexibility index (Phi) is 5.07. The van der Waals surface area contributed by atoms with Gasteiger partial charge in [-0.3, -0.25) is 0 Å². The Balaban J connectivity index is 1.17. The van der Waals surface area contributed by atoms with Gasteiger partial charge in [0.15, 0.2) is 11.5 Å². The molecule has 3 aromatic rings. The quantitative estimate of drug-likeness (QED) is 0.690. The topological polar surface area (TPSA) is 93.0 Å². The molecule has 0 radical (unpaired) electrons. The van der Waals surface area contributed by atoms with Gasteiger partial charge >= 0.3 is 6.03 Å². The normalized spacial score (nSPS) is 15.3. The zero-order chi connectivity index (χ0) is 21.2. The highest BCUT2D eigenvalue weighted by atomic mass is 16.7. The molecule has 2 aliphatic heterocycles. The number of carbonyl (C=O) groups excluding carboxylic acids is 1. The van der Waals surface area contributed by atoms with Crippen LogP contribution in [-0.4, -0.2) is 54.0 Å². The molecule has 1 N–H and O–H groups in total. The molecule has 160 valence electrons. The van der Waals surface area contributed by atoms with Gasteiger partial charge < -0.3 is 29.1 Å². The zero-order valence-corrected chi connectivity index (χ0v) is 17.2. The molecule has 0 atom stereocenters. The highest BCUT2D eigenvalue weighted by Gasteiger charge is 2.22. The van der Waals surface area contributed by atoms with Crippen LogP contribution in [-0.2, 0) is 6.42 Å². The number of aromatic nitrogens is 2. The molecule has 31 heavy (non-hydrogen) atoms. The van der Waals surface area contributed by atoms with Gasteiger partial charge in [-0.1, -0.05) is 12.1 Å². The minimum Gasteiger partial charge on any atom is -0.454 e. The number of benzene rings is 2. The second kappa shape index (κ2) is 8.17. The average Bonchev–Trinajstić information content (AvgIpc) is 3.48. The molecule has 1 saturated heterocycles. The summed E-state index contributed by atoms with van der Waals surface area (Å²) in [6.45, 7) is 5.00. The fourth-order valence-corrected chi connectivity index (χ4v) is 3.68. The van der Waals surface area contributed by atoms with Gasteiger partial charge in [-0.05, 0) is 36.4 Å². The molecule has 0 spiro atoms. The van der Waals surface area contributed by atoms with Crippen molar-refractivity contribution in [1.29, 1.82) is 0 Å². The van der Waals surface area contributed by atoms with Crippen LogP contribution in [0.5, 0.6) is 11.5 Å². The molecular formula is C22H23N5O4. The van der Waals surface area contributed by atoms with Crippen LogP contribution in [0.4, 0.5) is 16.2 Å². The maximum atomic E-state index is 12.6. The number of ether oxygens (including phenoxy) is 2. The molecule has 0 unspecified atom stereocenters. The van der Waals surface area contributed by atoms with Crippen molar-refractivity contribution in [1.82, 2.24) is 15.0 Å². The lowest BCUT2D eigenvalue weighted by molar-refractivity contribution is 0.174. The molecular weight excluding hydrogens is 398 g/mol. The Bertz CT molecular complexity index is 1070. The van der Waals surface area contributed by atoms with E-state index in [1.165, 1.54) is 0 Å². The summed E-state index contributed by atoms with van der Waals surface area (Å²) in [4.78, 5) is 21.1. The lowest BCUT2D eigenvalue weighted by Crippen LogP contribution is -2.50. The highest BCUT2D eigenvalue weighted by molar-refractivity contribution is 5.90. The van der Waals surface area contributed by atoms with Crippen LogP contribution in [0, 0.1) is 0 Å². The first-order valence-electron chi connectivity index (χ1n) is 10.3. The van der Waals surface area contributed by atoms with E-state index in [-0.39, 0.29) is 12.8 Å². The SMILES string of the molecule is CCc1nc(-c2ccc(N3CCN(C(=O)Nc4ccc5c(c4)OCO5)CC3)cc2)no1. The molecule has 0 aliphatic carbocycles. The number of hydrogen-bond donors (Lipinski definition) is 1. The lowest BCUT2D eigenvalue weighted by atomic mass is 10.1. The van der Waals surface area contributed by atoms with Gasteiger partial charge in [0.1, 0.15) is 0 Å². The van der Waals surface area contributed by atoms with Crippen molar-refractivity contribution in [3.05, 3.63) is 48.4 Å². The van der Waals surface area contributed by atoms with Crippen molar-refractivity contribution in [3.8, 4) is 22.9 Å². The van der Waals surface area contributed by atoms with Crippen molar-refractivity contribution in [3.63, 3.8) is 0 Å². The number of nitrogens with one attached hydrogen (secondary N) is 1. The van der Waals surface area contributed by atoms with Crippen molar-refractivity contribution >= 4 is 17.4 Å². The Hall–Kier alpha value is -3.75. The van der Waals surface area contributed by atoms with Crippen LogP contribution in [0.2, 0.25) is 0 Å². The van der Waals surface area contributed by atoms with Gasteiger partial charge in [0, 0.05) is 55.6 Å². The molecule has 1 fully saturated rings. The molecule has 0 saturated carbocycles. The van der Waals surface area contributed by atoms with Gasteiger partial charge in [0.2, 0.25) is 18.5 Å². The first-order chi connectivity index (χ1) is 15.2. The first kappa shape index (κ1) is 19.2. The van der Waals surface area contributed by atoms with Crippen molar-refractivity contribution in [2.45, 2.75) is 13.3 Å². The van der Waals surface area contributed by atoms with Crippen LogP contribution in [0.25, 0.3) is 11.4 Å². The molecule has 5 rings (SSSR count). The monoisotopic (exact) mass is 421 g/mol. The number of anilines is 2. The van der Waals surface area contributed by atoms with E-state index in [0.29, 0.717) is 42.0 Å². The molecule has 3 heterocycles. The molecule has 2 aromatic carbocycles. The Morgan fingerprint density at radius 3 is 2.55 bits per heavy atom. The maximum Gasteiger partial charge on any atom is 0.321 e. The minimum atomic E-state index is -0.113. The smallest absolute Gasteiger partial charge is 0.321 e. The molecule has 2 aliphatic rings. The molecule has 0 bridgehead atoms. The molecule has 2 amide bonds. The van der Waals surface area contributed by atoms with Gasteiger partial charge in [0.25, 0.3) is 0 Å². The van der Waals surface area contributed by atoms with Gasteiger partial charge in [-0.2, -0.15) is 4.98 Å². The maximum absolute atomic E-state index is 12.6. The fraction of sp³-hybridized carbons (Fsp3) is 0.318. The number of piperazine rings is 1. The summed E-state index contributed by atoms with van der Waals surface area (Å²) >= 11 is 0. The van der Waals surface area contributed by atoms with Crippen LogP contribution < -0.4 is 19.7 Å². The van der Waals surface area contributed by atoms with Crippen molar-refractivity contribution < 1.29 is 18.8 Å². The van der Waals surface area contributed by atoms with Crippen LogP contribution in [0.3, 0.4) is 0 Å². The van der Waals surface area contributed by atoms with E-state index in [1.54, 1.807) is 12.1 Å². The number of hydrogen-bond acceptors (Lipinski definition) is 7. The number of rotatable bonds is 4. The summed E-state index contributed by atoms with van der Waals surface area (Å²) in [7, 11) is 0. The largest absolute Gasteiger partial charge is 0.454 e. The van der Waals surface area contributed by atoms with Crippen molar-refractivity contribution in [2.24, 2.45) is 0 Å². The summed E-state index contributed by atoms with van der Waals surface area (Å²) in [6.07, 6.45) is 0.720. The van der Waals surface area contributed by atoms with E-state index >= 15 is 0 Å². The molecule has 9 heteroatoms. The van der Waals surface area contributed by atoms with E-state index in [1.807, 2.05) is 30.0 Å². The zero-order valence-electron chi connectivity index (χ0n) is 17.2. The van der Waals surface area contributed by atoms with Crippen LogP contribution >= 0.6 is 0 Å². The Morgan fingerprint density at radius 1 is 1.03 bits per heavy atom. The van der Waals surface area contributed by atoms with Crippen LogP contribution in [0.1, 0.15) is 12.8 Å². The average molecular weight is 421 g/mol. The fourth-order valence-electron chi connectivity index (χ4n) is 3.68. The summed E-state index contributed by atoms with van der Waals surface area (Å²) < 4.78 is 15.9. The molecule has 9 nitrogen and oxygen atoms in total.